The van der Waals surface area contributed by atoms with Crippen molar-refractivity contribution in [1.29, 1.82) is 0 Å². The summed E-state index contributed by atoms with van der Waals surface area (Å²) >= 11 is 0. The fourth-order valence-electron chi connectivity index (χ4n) is 5.76. The van der Waals surface area contributed by atoms with Gasteiger partial charge in [-0.1, -0.05) is 96.1 Å². The Morgan fingerprint density at radius 1 is 0.756 bits per heavy atom. The molecule has 8 nitrogen and oxygen atoms in total. The molecule has 0 spiro atoms. The maximum absolute atomic E-state index is 12.3. The van der Waals surface area contributed by atoms with Gasteiger partial charge in [-0.15, -0.1) is 0 Å². The van der Waals surface area contributed by atoms with Gasteiger partial charge < -0.3 is 34.0 Å². The first-order valence-corrected chi connectivity index (χ1v) is 16.8. The molecule has 0 aliphatic carbocycles. The summed E-state index contributed by atoms with van der Waals surface area (Å²) in [5.41, 5.74) is 1.98. The van der Waals surface area contributed by atoms with Crippen molar-refractivity contribution in [2.75, 3.05) is 27.9 Å². The third kappa shape index (κ3) is 14.5. The number of carbonyl (C=O) groups excluding carboxylic acids is 2. The Labute approximate surface area is 270 Å². The zero-order chi connectivity index (χ0) is 32.9. The molecule has 1 N–H and O–H groups in total. The lowest BCUT2D eigenvalue weighted by Gasteiger charge is -2.17. The molecule has 0 bridgehead atoms. The lowest BCUT2D eigenvalue weighted by Crippen LogP contribution is -2.21. The van der Waals surface area contributed by atoms with Gasteiger partial charge in [-0.2, -0.15) is 0 Å². The fraction of sp³-hybridized carbons (Fsp3) is 0.622. The van der Waals surface area contributed by atoms with E-state index in [1.54, 1.807) is 32.4 Å². The van der Waals surface area contributed by atoms with E-state index in [-0.39, 0.29) is 30.0 Å². The Morgan fingerprint density at radius 3 is 1.82 bits per heavy atom. The number of aromatic hydroxyl groups is 1. The topological polar surface area (TPSA) is 114 Å². The van der Waals surface area contributed by atoms with Crippen molar-refractivity contribution in [3.05, 3.63) is 47.5 Å². The number of phenols is 1. The molecule has 1 aliphatic heterocycles. The van der Waals surface area contributed by atoms with Crippen molar-refractivity contribution in [2.24, 2.45) is 11.8 Å². The molecular formula is C37H55O8-. The lowest BCUT2D eigenvalue weighted by molar-refractivity contribution is -0.305. The summed E-state index contributed by atoms with van der Waals surface area (Å²) in [4.78, 5) is 22.5. The molecular weight excluding hydrogens is 572 g/mol. The number of ether oxygens (including phenoxy) is 4. The normalized spacial score (nSPS) is 15.6. The molecule has 8 heteroatoms. The second-order valence-corrected chi connectivity index (χ2v) is 12.0. The first-order chi connectivity index (χ1) is 21.8. The summed E-state index contributed by atoms with van der Waals surface area (Å²) < 4.78 is 21.1. The third-order valence-electron chi connectivity index (χ3n) is 8.44. The first kappa shape index (κ1) is 37.8. The second kappa shape index (κ2) is 22.1. The Morgan fingerprint density at radius 2 is 1.27 bits per heavy atom. The first-order valence-electron chi connectivity index (χ1n) is 16.8. The smallest absolute Gasteiger partial charge is 0.309 e. The van der Waals surface area contributed by atoms with E-state index >= 15 is 0 Å². The maximum Gasteiger partial charge on any atom is 0.309 e. The number of cyclic esters (lactones) is 1. The number of carboxylic acids is 1. The highest BCUT2D eigenvalue weighted by atomic mass is 16.5. The van der Waals surface area contributed by atoms with E-state index in [9.17, 15) is 19.8 Å². The highest BCUT2D eigenvalue weighted by Crippen LogP contribution is 2.34. The van der Waals surface area contributed by atoms with Crippen LogP contribution in [-0.2, 0) is 27.2 Å². The number of aliphatic carboxylic acids is 1. The summed E-state index contributed by atoms with van der Waals surface area (Å²) in [6.45, 7) is 2.65. The van der Waals surface area contributed by atoms with Gasteiger partial charge >= 0.3 is 5.97 Å². The van der Waals surface area contributed by atoms with Gasteiger partial charge in [0.1, 0.15) is 0 Å². The predicted octanol–water partition coefficient (Wildman–Crippen LogP) is 7.21. The molecule has 2 atom stereocenters. The SMILES string of the molecule is CCCCCCCCCCCCCCCC(=O)[O-].COc1cc(C[C@H]2C(=O)OC[C@@H]2Cc2ccc(OC)c(OC)c2)ccc1O. The molecule has 1 aliphatic rings. The molecule has 1 fully saturated rings. The molecule has 0 radical (unpaired) electrons. The van der Waals surface area contributed by atoms with Crippen LogP contribution in [0.2, 0.25) is 0 Å². The van der Waals surface area contributed by atoms with E-state index in [0.29, 0.717) is 36.7 Å². The van der Waals surface area contributed by atoms with Crippen LogP contribution < -0.4 is 19.3 Å². The van der Waals surface area contributed by atoms with Crippen molar-refractivity contribution >= 4 is 11.9 Å². The van der Waals surface area contributed by atoms with Crippen molar-refractivity contribution in [3.8, 4) is 23.0 Å². The molecule has 1 saturated heterocycles. The maximum atomic E-state index is 12.3. The van der Waals surface area contributed by atoms with Crippen molar-refractivity contribution < 1.29 is 38.7 Å². The number of phenolic OH excluding ortho intramolecular Hbond substituents is 1. The number of hydrogen-bond donors (Lipinski definition) is 1. The van der Waals surface area contributed by atoms with Gasteiger partial charge in [0.05, 0.1) is 33.9 Å². The molecule has 0 aromatic heterocycles. The van der Waals surface area contributed by atoms with Gasteiger partial charge in [-0.25, -0.2) is 0 Å². The monoisotopic (exact) mass is 627 g/mol. The van der Waals surface area contributed by atoms with Crippen LogP contribution in [0.5, 0.6) is 23.0 Å². The summed E-state index contributed by atoms with van der Waals surface area (Å²) in [5, 5.41) is 19.9. The molecule has 2 aromatic carbocycles. The van der Waals surface area contributed by atoms with Crippen LogP contribution in [0.25, 0.3) is 0 Å². The minimum Gasteiger partial charge on any atom is -0.550 e. The van der Waals surface area contributed by atoms with E-state index in [1.807, 2.05) is 18.2 Å². The van der Waals surface area contributed by atoms with Crippen molar-refractivity contribution in [1.82, 2.24) is 0 Å². The Kier molecular flexibility index (Phi) is 18.6. The minimum atomic E-state index is -0.905. The predicted molar refractivity (Wildman–Crippen MR) is 175 cm³/mol. The van der Waals surface area contributed by atoms with Gasteiger partial charge in [-0.3, -0.25) is 4.79 Å². The molecule has 2 aromatic rings. The molecule has 252 valence electrons. The van der Waals surface area contributed by atoms with Crippen LogP contribution in [-0.4, -0.2) is 45.0 Å². The molecule has 0 unspecified atom stereocenters. The summed E-state index contributed by atoms with van der Waals surface area (Å²) in [7, 11) is 4.70. The van der Waals surface area contributed by atoms with Crippen molar-refractivity contribution in [3.63, 3.8) is 0 Å². The average molecular weight is 628 g/mol. The molecule has 0 saturated carbocycles. The summed E-state index contributed by atoms with van der Waals surface area (Å²) in [5.74, 6) is 0.550. The van der Waals surface area contributed by atoms with E-state index in [1.165, 1.54) is 77.7 Å². The Balaban J connectivity index is 0.000000344. The van der Waals surface area contributed by atoms with Crippen LogP contribution in [0.1, 0.15) is 108 Å². The average Bonchev–Trinajstić information content (AvgIpc) is 3.38. The van der Waals surface area contributed by atoms with Gasteiger partial charge in [0.15, 0.2) is 23.0 Å². The van der Waals surface area contributed by atoms with E-state index in [4.69, 9.17) is 18.9 Å². The zero-order valence-corrected chi connectivity index (χ0v) is 27.9. The fourth-order valence-corrected chi connectivity index (χ4v) is 5.76. The number of hydrogen-bond acceptors (Lipinski definition) is 8. The quantitative estimate of drug-likeness (QED) is 0.114. The largest absolute Gasteiger partial charge is 0.550 e. The highest BCUT2D eigenvalue weighted by Gasteiger charge is 2.37. The van der Waals surface area contributed by atoms with E-state index in [0.717, 1.165) is 24.0 Å². The number of rotatable bonds is 21. The van der Waals surface area contributed by atoms with Crippen LogP contribution in [0.15, 0.2) is 36.4 Å². The summed E-state index contributed by atoms with van der Waals surface area (Å²) in [6.07, 6.45) is 18.2. The second-order valence-electron chi connectivity index (χ2n) is 12.0. The van der Waals surface area contributed by atoms with E-state index < -0.39 is 5.97 Å². The van der Waals surface area contributed by atoms with Crippen LogP contribution in [0, 0.1) is 11.8 Å². The van der Waals surface area contributed by atoms with Crippen LogP contribution in [0.3, 0.4) is 0 Å². The third-order valence-corrected chi connectivity index (χ3v) is 8.44. The Bertz CT molecular complexity index is 1130. The lowest BCUT2D eigenvalue weighted by atomic mass is 9.85. The summed E-state index contributed by atoms with van der Waals surface area (Å²) in [6, 6.07) is 10.9. The molecule has 3 rings (SSSR count). The van der Waals surface area contributed by atoms with Gasteiger partial charge in [0.25, 0.3) is 0 Å². The number of carboxylic acid groups (broad SMARTS) is 1. The minimum absolute atomic E-state index is 0.0652. The molecule has 45 heavy (non-hydrogen) atoms. The van der Waals surface area contributed by atoms with Gasteiger partial charge in [0, 0.05) is 11.9 Å². The number of carbonyl (C=O) groups is 2. The highest BCUT2D eigenvalue weighted by molar-refractivity contribution is 5.75. The van der Waals surface area contributed by atoms with Crippen LogP contribution >= 0.6 is 0 Å². The number of unbranched alkanes of at least 4 members (excludes halogenated alkanes) is 12. The van der Waals surface area contributed by atoms with Crippen LogP contribution in [0.4, 0.5) is 0 Å². The molecule has 0 amide bonds. The van der Waals surface area contributed by atoms with E-state index in [2.05, 4.69) is 6.92 Å². The van der Waals surface area contributed by atoms with Gasteiger partial charge in [0.2, 0.25) is 0 Å². The Hall–Kier alpha value is -3.42. The number of benzene rings is 2. The number of esters is 1. The number of methoxy groups -OCH3 is 3. The van der Waals surface area contributed by atoms with Gasteiger partial charge in [-0.05, 0) is 61.1 Å². The standard InChI is InChI=1S/C21H24O6.C16H32O2/c1-24-18-7-5-13(11-20(18)26-3)8-15-12-27-21(23)16(15)9-14-4-6-17(22)19(10-14)25-2;1-2-3-4-5-6-7-8-9-10-11-12-13-14-15-16(17)18/h4-7,10-11,15-16,22H,8-9,12H2,1-3H3;2-15H2,1H3,(H,17,18)/p-1/t15-,16+;/m0./s1. The zero-order valence-electron chi connectivity index (χ0n) is 27.9. The van der Waals surface area contributed by atoms with Crippen molar-refractivity contribution in [2.45, 2.75) is 110 Å². The molecule has 1 heterocycles.